The molecule has 98 valence electrons. The quantitative estimate of drug-likeness (QED) is 0.813. The van der Waals surface area contributed by atoms with Crippen LogP contribution in [-0.4, -0.2) is 35.2 Å². The average molecular weight is 248 g/mol. The van der Waals surface area contributed by atoms with E-state index in [1.807, 2.05) is 6.07 Å². The molecule has 0 aliphatic carbocycles. The molecule has 0 amide bonds. The molecular formula is C15H22NO2+. The Morgan fingerprint density at radius 2 is 1.78 bits per heavy atom. The third-order valence-electron chi connectivity index (χ3n) is 3.93. The van der Waals surface area contributed by atoms with Gasteiger partial charge in [-0.3, -0.25) is 4.79 Å². The van der Waals surface area contributed by atoms with E-state index in [9.17, 15) is 4.79 Å². The molecule has 0 bridgehead atoms. The standard InChI is InChI=1S/C15H21NO2/c17-15(18)9-12-16(10-5-2-6-11-16)13-14-7-3-1-4-8-14/h1,3-4,7-8H,2,5-6,9-13H2/p+1. The average Bonchev–Trinajstić information content (AvgIpc) is 2.39. The molecule has 3 heteroatoms. The molecule has 3 nitrogen and oxygen atoms in total. The summed E-state index contributed by atoms with van der Waals surface area (Å²) in [7, 11) is 0. The summed E-state index contributed by atoms with van der Waals surface area (Å²) in [5.41, 5.74) is 1.32. The van der Waals surface area contributed by atoms with Crippen molar-refractivity contribution in [2.24, 2.45) is 0 Å². The van der Waals surface area contributed by atoms with Crippen molar-refractivity contribution in [1.29, 1.82) is 0 Å². The topological polar surface area (TPSA) is 37.3 Å². The number of hydrogen-bond acceptors (Lipinski definition) is 1. The molecule has 1 fully saturated rings. The van der Waals surface area contributed by atoms with E-state index < -0.39 is 5.97 Å². The Labute approximate surface area is 109 Å². The minimum absolute atomic E-state index is 0.285. The minimum Gasteiger partial charge on any atom is -0.481 e. The smallest absolute Gasteiger partial charge is 0.309 e. The van der Waals surface area contributed by atoms with Crippen molar-refractivity contribution in [1.82, 2.24) is 0 Å². The number of quaternary nitrogens is 1. The Morgan fingerprint density at radius 3 is 2.39 bits per heavy atom. The van der Waals surface area contributed by atoms with Crippen LogP contribution < -0.4 is 0 Å². The van der Waals surface area contributed by atoms with Crippen LogP contribution in [0.5, 0.6) is 0 Å². The van der Waals surface area contributed by atoms with Gasteiger partial charge in [0.15, 0.2) is 0 Å². The molecular weight excluding hydrogens is 226 g/mol. The number of rotatable bonds is 5. The molecule has 1 heterocycles. The van der Waals surface area contributed by atoms with Gasteiger partial charge >= 0.3 is 5.97 Å². The van der Waals surface area contributed by atoms with Gasteiger partial charge in [0.2, 0.25) is 0 Å². The molecule has 1 N–H and O–H groups in total. The molecule has 2 rings (SSSR count). The van der Waals surface area contributed by atoms with Crippen molar-refractivity contribution >= 4 is 5.97 Å². The van der Waals surface area contributed by atoms with E-state index in [0.717, 1.165) is 30.7 Å². The molecule has 1 aliphatic heterocycles. The Hall–Kier alpha value is -1.35. The normalized spacial score (nSPS) is 18.4. The highest BCUT2D eigenvalue weighted by Crippen LogP contribution is 2.23. The zero-order valence-electron chi connectivity index (χ0n) is 10.8. The van der Waals surface area contributed by atoms with Gasteiger partial charge in [-0.1, -0.05) is 30.3 Å². The number of carbonyl (C=O) groups is 1. The fraction of sp³-hybridized carbons (Fsp3) is 0.533. The number of aliphatic carboxylic acids is 1. The molecule has 18 heavy (non-hydrogen) atoms. The highest BCUT2D eigenvalue weighted by Gasteiger charge is 2.30. The van der Waals surface area contributed by atoms with E-state index in [-0.39, 0.29) is 6.42 Å². The summed E-state index contributed by atoms with van der Waals surface area (Å²) in [6.45, 7) is 4.00. The van der Waals surface area contributed by atoms with Crippen molar-refractivity contribution in [3.8, 4) is 0 Å². The van der Waals surface area contributed by atoms with Crippen molar-refractivity contribution in [2.45, 2.75) is 32.2 Å². The van der Waals surface area contributed by atoms with Gasteiger partial charge in [0.25, 0.3) is 0 Å². The van der Waals surface area contributed by atoms with Crippen LogP contribution in [0.4, 0.5) is 0 Å². The van der Waals surface area contributed by atoms with E-state index in [0.29, 0.717) is 0 Å². The van der Waals surface area contributed by atoms with Gasteiger partial charge in [-0.2, -0.15) is 0 Å². The number of nitrogens with zero attached hydrogens (tertiary/aromatic N) is 1. The lowest BCUT2D eigenvalue weighted by Gasteiger charge is -2.41. The van der Waals surface area contributed by atoms with Crippen LogP contribution in [0, 0.1) is 0 Å². The number of likely N-dealkylation sites (tertiary alicyclic amines) is 1. The molecule has 0 unspecified atom stereocenters. The Balaban J connectivity index is 2.06. The van der Waals surface area contributed by atoms with Crippen LogP contribution >= 0.6 is 0 Å². The van der Waals surface area contributed by atoms with Gasteiger partial charge in [0.1, 0.15) is 6.54 Å². The van der Waals surface area contributed by atoms with Crippen LogP contribution in [-0.2, 0) is 11.3 Å². The summed E-state index contributed by atoms with van der Waals surface area (Å²) in [5, 5.41) is 8.91. The van der Waals surface area contributed by atoms with Crippen molar-refractivity contribution in [3.05, 3.63) is 35.9 Å². The molecule has 0 atom stereocenters. The summed E-state index contributed by atoms with van der Waals surface area (Å²) in [6, 6.07) is 10.5. The molecule has 1 aromatic rings. The fourth-order valence-corrected chi connectivity index (χ4v) is 2.95. The van der Waals surface area contributed by atoms with Crippen LogP contribution in [0.2, 0.25) is 0 Å². The summed E-state index contributed by atoms with van der Waals surface area (Å²) in [6.07, 6.45) is 4.04. The first kappa shape index (κ1) is 13.1. The molecule has 0 aromatic heterocycles. The Bertz CT molecular complexity index is 383. The van der Waals surface area contributed by atoms with Crippen molar-refractivity contribution in [3.63, 3.8) is 0 Å². The number of piperidine rings is 1. The van der Waals surface area contributed by atoms with Crippen LogP contribution in [0.1, 0.15) is 31.2 Å². The highest BCUT2D eigenvalue weighted by atomic mass is 16.4. The second kappa shape index (κ2) is 6.01. The lowest BCUT2D eigenvalue weighted by Crippen LogP contribution is -2.51. The monoisotopic (exact) mass is 248 g/mol. The molecule has 1 aromatic carbocycles. The summed E-state index contributed by atoms with van der Waals surface area (Å²) in [5.74, 6) is -0.675. The van der Waals surface area contributed by atoms with Crippen molar-refractivity contribution in [2.75, 3.05) is 19.6 Å². The third-order valence-corrected chi connectivity index (χ3v) is 3.93. The van der Waals surface area contributed by atoms with Crippen LogP contribution in [0.15, 0.2) is 30.3 Å². The summed E-state index contributed by atoms with van der Waals surface area (Å²) in [4.78, 5) is 10.8. The van der Waals surface area contributed by atoms with Gasteiger partial charge in [-0.05, 0) is 19.3 Å². The summed E-state index contributed by atoms with van der Waals surface area (Å²) >= 11 is 0. The van der Waals surface area contributed by atoms with E-state index in [4.69, 9.17) is 5.11 Å². The molecule has 1 aliphatic rings. The van der Waals surface area contributed by atoms with Gasteiger partial charge in [0, 0.05) is 5.56 Å². The van der Waals surface area contributed by atoms with Crippen molar-refractivity contribution < 1.29 is 14.4 Å². The SMILES string of the molecule is O=C(O)CC[N+]1(Cc2ccccc2)CCCCC1. The van der Waals surface area contributed by atoms with Gasteiger partial charge in [-0.25, -0.2) is 0 Å². The van der Waals surface area contributed by atoms with Gasteiger partial charge in [0.05, 0.1) is 26.1 Å². The first-order valence-electron chi connectivity index (χ1n) is 6.81. The number of carboxylic acid groups (broad SMARTS) is 1. The first-order chi connectivity index (χ1) is 8.70. The maximum Gasteiger partial charge on any atom is 0.309 e. The predicted octanol–water partition coefficient (Wildman–Crippen LogP) is 2.66. The summed E-state index contributed by atoms with van der Waals surface area (Å²) < 4.78 is 0.955. The maximum absolute atomic E-state index is 10.8. The third kappa shape index (κ3) is 3.57. The second-order valence-corrected chi connectivity index (χ2v) is 5.36. The molecule has 1 saturated heterocycles. The lowest BCUT2D eigenvalue weighted by molar-refractivity contribution is -0.944. The van der Waals surface area contributed by atoms with Gasteiger partial charge in [-0.15, -0.1) is 0 Å². The fourth-order valence-electron chi connectivity index (χ4n) is 2.95. The Morgan fingerprint density at radius 1 is 1.11 bits per heavy atom. The van der Waals surface area contributed by atoms with Crippen LogP contribution in [0.3, 0.4) is 0 Å². The minimum atomic E-state index is -0.675. The van der Waals surface area contributed by atoms with E-state index >= 15 is 0 Å². The zero-order valence-corrected chi connectivity index (χ0v) is 10.8. The first-order valence-corrected chi connectivity index (χ1v) is 6.81. The largest absolute Gasteiger partial charge is 0.481 e. The number of benzene rings is 1. The van der Waals surface area contributed by atoms with Gasteiger partial charge < -0.3 is 9.59 Å². The second-order valence-electron chi connectivity index (χ2n) is 5.36. The molecule has 0 radical (unpaired) electrons. The maximum atomic E-state index is 10.8. The highest BCUT2D eigenvalue weighted by molar-refractivity contribution is 5.66. The molecule has 0 spiro atoms. The van der Waals surface area contributed by atoms with E-state index in [2.05, 4.69) is 24.3 Å². The number of carboxylic acids is 1. The van der Waals surface area contributed by atoms with E-state index in [1.165, 1.54) is 24.8 Å². The predicted molar refractivity (Wildman–Crippen MR) is 71.1 cm³/mol. The Kier molecular flexibility index (Phi) is 4.37. The lowest BCUT2D eigenvalue weighted by atomic mass is 10.0. The van der Waals surface area contributed by atoms with Crippen LogP contribution in [0.25, 0.3) is 0 Å². The zero-order chi connectivity index (χ0) is 12.8. The van der Waals surface area contributed by atoms with E-state index in [1.54, 1.807) is 0 Å². The molecule has 0 saturated carbocycles. The number of hydrogen-bond donors (Lipinski definition) is 1.